The molecule has 1 aliphatic rings. The number of amides is 1. The normalized spacial score (nSPS) is 15.6. The number of halogens is 2. The second kappa shape index (κ2) is 9.27. The van der Waals surface area contributed by atoms with Crippen LogP contribution in [0.25, 0.3) is 11.1 Å². The predicted molar refractivity (Wildman–Crippen MR) is 117 cm³/mol. The van der Waals surface area contributed by atoms with Crippen molar-refractivity contribution in [3.63, 3.8) is 0 Å². The molecule has 0 radical (unpaired) electrons. The maximum Gasteiger partial charge on any atom is 0.259 e. The fourth-order valence-electron chi connectivity index (χ4n) is 3.35. The lowest BCUT2D eigenvalue weighted by molar-refractivity contribution is 0.0647. The smallest absolute Gasteiger partial charge is 0.259 e. The topological polar surface area (TPSA) is 103 Å². The summed E-state index contributed by atoms with van der Waals surface area (Å²) >= 11 is 6.92. The van der Waals surface area contributed by atoms with E-state index >= 15 is 0 Å². The van der Waals surface area contributed by atoms with Gasteiger partial charge in [0.2, 0.25) is 5.78 Å². The van der Waals surface area contributed by atoms with Crippen molar-refractivity contribution >= 4 is 39.8 Å². The van der Waals surface area contributed by atoms with Gasteiger partial charge in [0.05, 0.1) is 35.5 Å². The molecule has 0 aromatic carbocycles. The van der Waals surface area contributed by atoms with Gasteiger partial charge in [-0.2, -0.15) is 0 Å². The molecule has 1 atom stereocenters. The van der Waals surface area contributed by atoms with E-state index in [9.17, 15) is 14.0 Å². The Morgan fingerprint density at radius 1 is 1.28 bits per heavy atom. The number of methoxy groups -OCH3 is 1. The highest BCUT2D eigenvalue weighted by Gasteiger charge is 2.27. The minimum absolute atomic E-state index is 0.00321. The van der Waals surface area contributed by atoms with Crippen molar-refractivity contribution in [1.29, 1.82) is 0 Å². The third-order valence-corrected chi connectivity index (χ3v) is 6.10. The predicted octanol–water partition coefficient (Wildman–Crippen LogP) is 4.32. The van der Waals surface area contributed by atoms with E-state index in [0.717, 1.165) is 17.8 Å². The van der Waals surface area contributed by atoms with Crippen LogP contribution in [0.15, 0.2) is 24.7 Å². The van der Waals surface area contributed by atoms with Crippen LogP contribution in [0.1, 0.15) is 38.6 Å². The Balaban J connectivity index is 1.65. The molecule has 1 saturated heterocycles. The summed E-state index contributed by atoms with van der Waals surface area (Å²) in [6.45, 7) is 2.27. The number of aryl methyl sites for hydroxylation is 1. The van der Waals surface area contributed by atoms with Gasteiger partial charge in [0.15, 0.2) is 16.1 Å². The largest absolute Gasteiger partial charge is 0.494 e. The number of hydrogen-bond donors (Lipinski definition) is 1. The highest BCUT2D eigenvalue weighted by Crippen LogP contribution is 2.37. The summed E-state index contributed by atoms with van der Waals surface area (Å²) < 4.78 is 25.5. The van der Waals surface area contributed by atoms with Crippen molar-refractivity contribution in [1.82, 2.24) is 15.0 Å². The molecule has 4 rings (SSSR count). The van der Waals surface area contributed by atoms with Crippen molar-refractivity contribution in [2.45, 2.75) is 25.9 Å². The molecular weight excluding hydrogens is 459 g/mol. The number of carbonyl (C=O) groups is 2. The molecule has 0 bridgehead atoms. The van der Waals surface area contributed by atoms with Crippen molar-refractivity contribution in [3.8, 4) is 16.9 Å². The van der Waals surface area contributed by atoms with E-state index in [0.29, 0.717) is 23.6 Å². The Labute approximate surface area is 191 Å². The van der Waals surface area contributed by atoms with Crippen molar-refractivity contribution in [2.24, 2.45) is 0 Å². The van der Waals surface area contributed by atoms with Gasteiger partial charge in [-0.3, -0.25) is 19.9 Å². The van der Waals surface area contributed by atoms with E-state index in [4.69, 9.17) is 21.1 Å². The van der Waals surface area contributed by atoms with Gasteiger partial charge in [-0.1, -0.05) is 22.9 Å². The van der Waals surface area contributed by atoms with Crippen LogP contribution in [-0.4, -0.2) is 46.5 Å². The SMILES string of the molecule is COc1cnc(Cl)c(F)c1-c1cc(C)ncc1C(=O)Nc1ncc(C(=O)[C@@H]2CCCO2)s1. The van der Waals surface area contributed by atoms with Crippen LogP contribution in [-0.2, 0) is 4.74 Å². The monoisotopic (exact) mass is 476 g/mol. The zero-order chi connectivity index (χ0) is 22.8. The van der Waals surface area contributed by atoms with Crippen LogP contribution in [0, 0.1) is 12.7 Å². The molecule has 32 heavy (non-hydrogen) atoms. The van der Waals surface area contributed by atoms with E-state index < -0.39 is 17.8 Å². The maximum atomic E-state index is 14.9. The number of nitrogens with one attached hydrogen (secondary N) is 1. The minimum Gasteiger partial charge on any atom is -0.494 e. The summed E-state index contributed by atoms with van der Waals surface area (Å²) in [4.78, 5) is 37.9. The first-order chi connectivity index (χ1) is 15.4. The highest BCUT2D eigenvalue weighted by atomic mass is 35.5. The number of rotatable bonds is 6. The Bertz CT molecular complexity index is 1200. The van der Waals surface area contributed by atoms with E-state index in [1.54, 1.807) is 13.0 Å². The summed E-state index contributed by atoms with van der Waals surface area (Å²) in [5.41, 5.74) is 0.874. The van der Waals surface area contributed by atoms with Gasteiger partial charge in [-0.25, -0.2) is 14.4 Å². The number of Topliss-reactive ketones (excluding diaryl/α,β-unsaturated/α-hetero) is 1. The Hall–Kier alpha value is -2.95. The summed E-state index contributed by atoms with van der Waals surface area (Å²) in [7, 11) is 1.36. The summed E-state index contributed by atoms with van der Waals surface area (Å²) in [5, 5.41) is 2.53. The number of anilines is 1. The lowest BCUT2D eigenvalue weighted by Crippen LogP contribution is -2.18. The Morgan fingerprint density at radius 2 is 2.09 bits per heavy atom. The van der Waals surface area contributed by atoms with Gasteiger partial charge in [0.25, 0.3) is 5.91 Å². The average molecular weight is 477 g/mol. The first-order valence-electron chi connectivity index (χ1n) is 9.67. The van der Waals surface area contributed by atoms with Crippen LogP contribution in [0.2, 0.25) is 5.15 Å². The molecule has 1 aliphatic heterocycles. The fraction of sp³-hybridized carbons (Fsp3) is 0.286. The van der Waals surface area contributed by atoms with E-state index in [1.807, 2.05) is 0 Å². The van der Waals surface area contributed by atoms with Gasteiger partial charge < -0.3 is 9.47 Å². The van der Waals surface area contributed by atoms with Crippen LogP contribution >= 0.6 is 22.9 Å². The summed E-state index contributed by atoms with van der Waals surface area (Å²) in [6, 6.07) is 1.56. The van der Waals surface area contributed by atoms with Gasteiger partial charge in [0.1, 0.15) is 11.9 Å². The molecule has 166 valence electrons. The average Bonchev–Trinajstić information content (AvgIpc) is 3.47. The van der Waals surface area contributed by atoms with Gasteiger partial charge >= 0.3 is 0 Å². The molecule has 3 aromatic heterocycles. The zero-order valence-electron chi connectivity index (χ0n) is 17.1. The molecule has 3 aromatic rings. The molecule has 0 aliphatic carbocycles. The van der Waals surface area contributed by atoms with Crippen molar-refractivity contribution < 1.29 is 23.5 Å². The molecule has 11 heteroatoms. The van der Waals surface area contributed by atoms with E-state index in [-0.39, 0.29) is 38.5 Å². The first-order valence-corrected chi connectivity index (χ1v) is 10.9. The number of pyridine rings is 2. The number of aromatic nitrogens is 3. The molecule has 8 nitrogen and oxygen atoms in total. The molecule has 0 spiro atoms. The third kappa shape index (κ3) is 4.34. The highest BCUT2D eigenvalue weighted by molar-refractivity contribution is 7.17. The van der Waals surface area contributed by atoms with Crippen LogP contribution in [0.4, 0.5) is 9.52 Å². The Morgan fingerprint density at radius 3 is 2.81 bits per heavy atom. The molecule has 1 N–H and O–H groups in total. The molecule has 0 unspecified atom stereocenters. The fourth-order valence-corrected chi connectivity index (χ4v) is 4.29. The number of thiazole rings is 1. The molecule has 4 heterocycles. The van der Waals surface area contributed by atoms with Gasteiger partial charge in [0, 0.05) is 24.1 Å². The number of ether oxygens (including phenoxy) is 2. The first kappa shape index (κ1) is 22.3. The summed E-state index contributed by atoms with van der Waals surface area (Å²) in [5.74, 6) is -1.43. The van der Waals surface area contributed by atoms with Crippen molar-refractivity contribution in [3.05, 3.63) is 51.8 Å². The van der Waals surface area contributed by atoms with Crippen LogP contribution in [0.3, 0.4) is 0 Å². The maximum absolute atomic E-state index is 14.9. The van der Waals surface area contributed by atoms with Gasteiger partial charge in [-0.15, -0.1) is 0 Å². The summed E-state index contributed by atoms with van der Waals surface area (Å²) in [6.07, 6.45) is 5.05. The van der Waals surface area contributed by atoms with Crippen LogP contribution < -0.4 is 10.1 Å². The number of ketones is 1. The van der Waals surface area contributed by atoms with Crippen LogP contribution in [0.5, 0.6) is 5.75 Å². The standard InChI is InChI=1S/C21H18ClFN4O4S/c1-10-6-11(16-14(30-2)8-25-19(22)17(16)23)12(7-24-10)20(29)27-21-26-9-15(32-21)18(28)13-4-3-5-31-13/h6-9,13H,3-5H2,1-2H3,(H,26,27,29)/t13-/m0/s1. The number of hydrogen-bond acceptors (Lipinski definition) is 8. The molecule has 1 fully saturated rings. The van der Waals surface area contributed by atoms with E-state index in [1.165, 1.54) is 25.7 Å². The van der Waals surface area contributed by atoms with Gasteiger partial charge in [-0.05, 0) is 25.8 Å². The molecular formula is C21H18ClFN4O4S. The molecule has 0 saturated carbocycles. The second-order valence-corrected chi connectivity index (χ2v) is 8.42. The number of nitrogens with zero attached hydrogens (tertiary/aromatic N) is 3. The van der Waals surface area contributed by atoms with E-state index in [2.05, 4.69) is 20.3 Å². The lowest BCUT2D eigenvalue weighted by atomic mass is 10.00. The molecule has 1 amide bonds. The third-order valence-electron chi connectivity index (χ3n) is 4.91. The second-order valence-electron chi connectivity index (χ2n) is 7.03. The Kier molecular flexibility index (Phi) is 6.45. The van der Waals surface area contributed by atoms with Crippen molar-refractivity contribution in [2.75, 3.05) is 19.0 Å². The minimum atomic E-state index is -0.815. The number of carbonyl (C=O) groups excluding carboxylic acids is 2. The zero-order valence-corrected chi connectivity index (χ0v) is 18.7. The quantitative estimate of drug-likeness (QED) is 0.417. The lowest BCUT2D eigenvalue weighted by Gasteiger charge is -2.14.